The van der Waals surface area contributed by atoms with Crippen LogP contribution >= 0.6 is 0 Å². The summed E-state index contributed by atoms with van der Waals surface area (Å²) in [5.41, 5.74) is 5.62. The van der Waals surface area contributed by atoms with Crippen molar-refractivity contribution in [2.75, 3.05) is 6.54 Å². The lowest BCUT2D eigenvalue weighted by molar-refractivity contribution is -0.130. The highest BCUT2D eigenvalue weighted by Crippen LogP contribution is 2.42. The molecule has 1 aromatic carbocycles. The van der Waals surface area contributed by atoms with Gasteiger partial charge in [-0.25, -0.2) is 15.3 Å². The number of amides is 1. The highest BCUT2D eigenvalue weighted by molar-refractivity contribution is 5.92. The van der Waals surface area contributed by atoms with Gasteiger partial charge in [0.05, 0.1) is 18.2 Å². The monoisotopic (exact) mass is 424 g/mol. The van der Waals surface area contributed by atoms with Crippen LogP contribution in [0, 0.1) is 6.92 Å². The molecule has 1 amide bonds. The molecule has 0 saturated carbocycles. The van der Waals surface area contributed by atoms with Crippen molar-refractivity contribution in [3.05, 3.63) is 52.9 Å². The summed E-state index contributed by atoms with van der Waals surface area (Å²) in [7, 11) is 0. The zero-order chi connectivity index (χ0) is 21.8. The van der Waals surface area contributed by atoms with E-state index >= 15 is 0 Å². The lowest BCUT2D eigenvalue weighted by Gasteiger charge is -2.30. The number of aryl methyl sites for hydroxylation is 2. The third-order valence-electron chi connectivity index (χ3n) is 5.92. The summed E-state index contributed by atoms with van der Waals surface area (Å²) in [5.74, 6) is 1.40. The van der Waals surface area contributed by atoms with Crippen molar-refractivity contribution < 1.29 is 14.2 Å². The molecule has 1 aliphatic carbocycles. The Morgan fingerprint density at radius 2 is 2.10 bits per heavy atom. The van der Waals surface area contributed by atoms with Gasteiger partial charge in [0.1, 0.15) is 11.6 Å². The summed E-state index contributed by atoms with van der Waals surface area (Å²) < 4.78 is 5.22. The van der Waals surface area contributed by atoms with E-state index in [4.69, 9.17) is 14.4 Å². The lowest BCUT2D eigenvalue weighted by atomic mass is 9.85. The van der Waals surface area contributed by atoms with Crippen molar-refractivity contribution in [3.63, 3.8) is 0 Å². The summed E-state index contributed by atoms with van der Waals surface area (Å²) in [4.78, 5) is 25.8. The maximum Gasteiger partial charge on any atom is 0.230 e. The number of hydrogen-bond acceptors (Lipinski definition) is 6. The molecule has 2 unspecified atom stereocenters. The minimum atomic E-state index is -0.663. The zero-order valence-corrected chi connectivity index (χ0v) is 18.7. The lowest BCUT2D eigenvalue weighted by Crippen LogP contribution is -2.44. The first kappa shape index (κ1) is 21.6. The Hall–Kier alpha value is -2.67. The fourth-order valence-electron chi connectivity index (χ4n) is 4.61. The van der Waals surface area contributed by atoms with Crippen molar-refractivity contribution >= 4 is 11.7 Å². The first-order valence-corrected chi connectivity index (χ1v) is 11.4. The highest BCUT2D eigenvalue weighted by Gasteiger charge is 2.45. The number of fused-ring (bicyclic) bond motifs is 2. The van der Waals surface area contributed by atoms with Gasteiger partial charge in [0.15, 0.2) is 0 Å². The van der Waals surface area contributed by atoms with Crippen LogP contribution in [-0.4, -0.2) is 34.4 Å². The molecule has 0 radical (unpaired) electrons. The van der Waals surface area contributed by atoms with Gasteiger partial charge in [-0.3, -0.25) is 4.79 Å². The van der Waals surface area contributed by atoms with Gasteiger partial charge in [0, 0.05) is 24.6 Å². The summed E-state index contributed by atoms with van der Waals surface area (Å²) in [5, 5.41) is 3.87. The second-order valence-corrected chi connectivity index (χ2v) is 8.56. The molecule has 7 heteroatoms. The number of amidine groups is 1. The summed E-state index contributed by atoms with van der Waals surface area (Å²) in [6.07, 6.45) is 6.24. The number of carbonyl (C=O) groups is 1. The molecule has 7 nitrogen and oxygen atoms in total. The first-order chi connectivity index (χ1) is 15.1. The molecule has 3 aliphatic rings. The SMILES string of the molecule is CCC.Cc1cc(CC(=O)N2CCCC2C2=NC3(CCCc4ccccc43)ON2)on1. The van der Waals surface area contributed by atoms with Crippen LogP contribution in [0.25, 0.3) is 0 Å². The Labute approximate surface area is 183 Å². The third-order valence-corrected chi connectivity index (χ3v) is 5.92. The maximum absolute atomic E-state index is 12.9. The molecule has 3 heterocycles. The average molecular weight is 425 g/mol. The second-order valence-electron chi connectivity index (χ2n) is 8.56. The smallest absolute Gasteiger partial charge is 0.230 e. The molecule has 31 heavy (non-hydrogen) atoms. The first-order valence-electron chi connectivity index (χ1n) is 11.4. The van der Waals surface area contributed by atoms with E-state index < -0.39 is 5.72 Å². The van der Waals surface area contributed by atoms with E-state index in [1.54, 1.807) is 0 Å². The van der Waals surface area contributed by atoms with E-state index in [2.05, 4.69) is 42.7 Å². The molecule has 2 aromatic rings. The second kappa shape index (κ2) is 9.22. The maximum atomic E-state index is 12.9. The Balaban J connectivity index is 0.000000730. The van der Waals surface area contributed by atoms with Crippen LogP contribution in [0.5, 0.6) is 0 Å². The molecule has 5 rings (SSSR count). The van der Waals surface area contributed by atoms with Gasteiger partial charge < -0.3 is 9.42 Å². The van der Waals surface area contributed by atoms with E-state index in [0.29, 0.717) is 5.76 Å². The molecule has 2 aliphatic heterocycles. The van der Waals surface area contributed by atoms with E-state index in [-0.39, 0.29) is 18.4 Å². The van der Waals surface area contributed by atoms with Crippen molar-refractivity contribution in [2.24, 2.45) is 4.99 Å². The largest absolute Gasteiger partial charge is 0.361 e. The summed E-state index contributed by atoms with van der Waals surface area (Å²) in [6, 6.07) is 10.1. The number of likely N-dealkylation sites (tertiary alicyclic amines) is 1. The number of hydrogen-bond donors (Lipinski definition) is 1. The number of rotatable bonds is 3. The van der Waals surface area contributed by atoms with Crippen LogP contribution in [0.15, 0.2) is 39.8 Å². The van der Waals surface area contributed by atoms with Gasteiger partial charge in [0.2, 0.25) is 11.6 Å². The van der Waals surface area contributed by atoms with Crippen LogP contribution in [-0.2, 0) is 28.2 Å². The van der Waals surface area contributed by atoms with Gasteiger partial charge in [-0.05, 0) is 38.2 Å². The molecule has 1 spiro atoms. The summed E-state index contributed by atoms with van der Waals surface area (Å²) in [6.45, 7) is 6.83. The molecule has 2 atom stereocenters. The van der Waals surface area contributed by atoms with E-state index in [0.717, 1.165) is 55.7 Å². The third kappa shape index (κ3) is 4.37. The number of aliphatic imine (C=N–C) groups is 1. The number of nitrogens with zero attached hydrogens (tertiary/aromatic N) is 3. The van der Waals surface area contributed by atoms with Crippen molar-refractivity contribution in [1.29, 1.82) is 0 Å². The molecule has 0 bridgehead atoms. The van der Waals surface area contributed by atoms with Crippen LogP contribution in [0.2, 0.25) is 0 Å². The molecule has 1 saturated heterocycles. The summed E-state index contributed by atoms with van der Waals surface area (Å²) >= 11 is 0. The van der Waals surface area contributed by atoms with Gasteiger partial charge in [-0.2, -0.15) is 0 Å². The zero-order valence-electron chi connectivity index (χ0n) is 18.7. The normalized spacial score (nSPS) is 24.3. The Morgan fingerprint density at radius 1 is 1.29 bits per heavy atom. The predicted octanol–water partition coefficient (Wildman–Crippen LogP) is 4.06. The minimum Gasteiger partial charge on any atom is -0.361 e. The fraction of sp³-hybridized carbons (Fsp3) is 0.542. The minimum absolute atomic E-state index is 0.0353. The molecule has 166 valence electrons. The standard InChI is InChI=1S/C21H24N4O3.C3H8/c1-14-12-16(27-23-14)13-19(26)25-11-5-9-18(25)20-22-21(28-24-20)10-4-7-15-6-2-3-8-17(15)21;1-3-2/h2-3,6,8,12,18H,4-5,7,9-11,13H2,1H3,(H,22,24);3H2,1-2H3. The fourth-order valence-corrected chi connectivity index (χ4v) is 4.61. The van der Waals surface area contributed by atoms with Crippen molar-refractivity contribution in [3.8, 4) is 0 Å². The van der Waals surface area contributed by atoms with Crippen LogP contribution in [0.1, 0.15) is 68.5 Å². The topological polar surface area (TPSA) is 80.0 Å². The molecule has 1 fully saturated rings. The quantitative estimate of drug-likeness (QED) is 0.804. The van der Waals surface area contributed by atoms with Gasteiger partial charge in [-0.1, -0.05) is 49.7 Å². The van der Waals surface area contributed by atoms with E-state index in [1.165, 1.54) is 12.0 Å². The van der Waals surface area contributed by atoms with Crippen LogP contribution < -0.4 is 5.48 Å². The molecular formula is C24H32N4O3. The van der Waals surface area contributed by atoms with Crippen LogP contribution in [0.4, 0.5) is 0 Å². The van der Waals surface area contributed by atoms with Gasteiger partial charge >= 0.3 is 0 Å². The van der Waals surface area contributed by atoms with Crippen LogP contribution in [0.3, 0.4) is 0 Å². The van der Waals surface area contributed by atoms with Gasteiger partial charge in [-0.15, -0.1) is 0 Å². The molecule has 1 N–H and O–H groups in total. The number of carbonyl (C=O) groups excluding carboxylic acids is 1. The number of benzene rings is 1. The average Bonchev–Trinajstić information content (AvgIpc) is 3.49. The molecule has 1 aromatic heterocycles. The van der Waals surface area contributed by atoms with E-state index in [9.17, 15) is 4.79 Å². The molecular weight excluding hydrogens is 392 g/mol. The Bertz CT molecular complexity index is 954. The Morgan fingerprint density at radius 3 is 2.87 bits per heavy atom. The number of nitrogens with one attached hydrogen (secondary N) is 1. The Kier molecular flexibility index (Phi) is 6.41. The van der Waals surface area contributed by atoms with Crippen molar-refractivity contribution in [2.45, 2.75) is 77.5 Å². The highest BCUT2D eigenvalue weighted by atomic mass is 16.7. The van der Waals surface area contributed by atoms with Crippen molar-refractivity contribution in [1.82, 2.24) is 15.5 Å². The predicted molar refractivity (Wildman–Crippen MR) is 118 cm³/mol. The number of aromatic nitrogens is 1. The number of hydroxylamine groups is 1. The van der Waals surface area contributed by atoms with E-state index in [1.807, 2.05) is 24.0 Å². The van der Waals surface area contributed by atoms with Gasteiger partial charge in [0.25, 0.3) is 0 Å².